The maximum atomic E-state index is 9.92. The van der Waals surface area contributed by atoms with Crippen molar-refractivity contribution in [3.05, 3.63) is 29.8 Å². The summed E-state index contributed by atoms with van der Waals surface area (Å²) in [5, 5.41) is 14.4. The fourth-order valence-corrected chi connectivity index (χ4v) is 2.01. The summed E-state index contributed by atoms with van der Waals surface area (Å²) < 4.78 is 9.82. The van der Waals surface area contributed by atoms with Crippen molar-refractivity contribution < 1.29 is 5.11 Å². The lowest BCUT2D eigenvalue weighted by molar-refractivity contribution is 0.173. The third kappa shape index (κ3) is 2.89. The molecule has 2 unspecified atom stereocenters. The van der Waals surface area contributed by atoms with E-state index in [2.05, 4.69) is 27.7 Å². The molecule has 0 aliphatic heterocycles. The topological polar surface area (TPSA) is 63.8 Å². The minimum atomic E-state index is -0.617. The molecule has 2 atom stereocenters. The van der Waals surface area contributed by atoms with Crippen LogP contribution in [-0.2, 0) is 6.42 Å². The molecule has 2 heterocycles. The van der Waals surface area contributed by atoms with Gasteiger partial charge in [0, 0.05) is 18.7 Å². The Hall–Kier alpha value is -1.27. The summed E-state index contributed by atoms with van der Waals surface area (Å²) in [7, 11) is 0. The van der Waals surface area contributed by atoms with Crippen molar-refractivity contribution >= 4 is 11.7 Å². The van der Waals surface area contributed by atoms with E-state index in [0.717, 1.165) is 23.8 Å². The first-order chi connectivity index (χ1) is 8.20. The van der Waals surface area contributed by atoms with Gasteiger partial charge in [0.15, 0.2) is 0 Å². The number of aliphatic hydroxyl groups is 1. The Morgan fingerprint density at radius 2 is 2.35 bits per heavy atom. The van der Waals surface area contributed by atoms with Gasteiger partial charge in [-0.2, -0.15) is 13.8 Å². The minimum Gasteiger partial charge on any atom is -0.386 e. The van der Waals surface area contributed by atoms with E-state index >= 15 is 0 Å². The molecule has 0 radical (unpaired) electrons. The van der Waals surface area contributed by atoms with Crippen molar-refractivity contribution in [3.8, 4) is 0 Å². The van der Waals surface area contributed by atoms with E-state index in [-0.39, 0.29) is 0 Å². The number of aliphatic hydroxyl groups excluding tert-OH is 1. The highest BCUT2D eigenvalue weighted by Crippen LogP contribution is 2.16. The van der Waals surface area contributed by atoms with Crippen molar-refractivity contribution in [2.45, 2.75) is 38.8 Å². The average molecular weight is 252 g/mol. The molecule has 0 fully saturated rings. The highest BCUT2D eigenvalue weighted by Gasteiger charge is 2.13. The predicted octanol–water partition coefficient (Wildman–Crippen LogP) is 1.98. The van der Waals surface area contributed by atoms with Crippen LogP contribution in [0.1, 0.15) is 43.8 Å². The molecule has 0 saturated carbocycles. The second kappa shape index (κ2) is 5.37. The molecule has 0 amide bonds. The van der Waals surface area contributed by atoms with Gasteiger partial charge in [-0.15, -0.1) is 0 Å². The quantitative estimate of drug-likeness (QED) is 0.883. The molecular formula is C11H16N4OS. The number of hydrogen-bond acceptors (Lipinski definition) is 5. The van der Waals surface area contributed by atoms with Crippen LogP contribution >= 0.6 is 11.7 Å². The summed E-state index contributed by atoms with van der Waals surface area (Å²) in [5.41, 5.74) is 1.50. The van der Waals surface area contributed by atoms with Crippen molar-refractivity contribution in [1.82, 2.24) is 18.5 Å². The van der Waals surface area contributed by atoms with E-state index in [1.807, 2.05) is 16.9 Å². The van der Waals surface area contributed by atoms with Gasteiger partial charge in [0.2, 0.25) is 0 Å². The summed E-state index contributed by atoms with van der Waals surface area (Å²) >= 11 is 1.11. The van der Waals surface area contributed by atoms with E-state index in [1.165, 1.54) is 0 Å². The van der Waals surface area contributed by atoms with Gasteiger partial charge in [-0.05, 0) is 19.4 Å². The Labute approximate surface area is 104 Å². The van der Waals surface area contributed by atoms with Gasteiger partial charge in [0.25, 0.3) is 0 Å². The van der Waals surface area contributed by atoms with Crippen LogP contribution in [0.5, 0.6) is 0 Å². The molecule has 2 rings (SSSR count). The van der Waals surface area contributed by atoms with Gasteiger partial charge in [-0.1, -0.05) is 6.92 Å². The van der Waals surface area contributed by atoms with Crippen LogP contribution in [0.3, 0.4) is 0 Å². The Morgan fingerprint density at radius 1 is 1.53 bits per heavy atom. The molecule has 5 nitrogen and oxygen atoms in total. The number of hydrogen-bond donors (Lipinski definition) is 1. The summed E-state index contributed by atoms with van der Waals surface area (Å²) in [4.78, 5) is 0. The van der Waals surface area contributed by atoms with Crippen molar-refractivity contribution in [2.75, 3.05) is 0 Å². The molecule has 0 bridgehead atoms. The number of nitrogens with zero attached hydrogens (tertiary/aromatic N) is 4. The molecule has 6 heteroatoms. The van der Waals surface area contributed by atoms with Crippen LogP contribution in [0, 0.1) is 0 Å². The second-order valence-electron chi connectivity index (χ2n) is 4.10. The standard InChI is InChI=1S/C11H16N4OS/c1-3-8(2)15-5-4-9(13-15)6-11(16)10-7-12-17-14-10/h4-5,7-8,11,16H,3,6H2,1-2H3. The molecule has 2 aromatic rings. The molecule has 17 heavy (non-hydrogen) atoms. The fraction of sp³-hybridized carbons (Fsp3) is 0.545. The lowest BCUT2D eigenvalue weighted by atomic mass is 10.1. The van der Waals surface area contributed by atoms with Crippen molar-refractivity contribution in [3.63, 3.8) is 0 Å². The molecule has 2 aromatic heterocycles. The maximum absolute atomic E-state index is 9.92. The highest BCUT2D eigenvalue weighted by atomic mass is 32.1. The highest BCUT2D eigenvalue weighted by molar-refractivity contribution is 6.99. The molecule has 1 N–H and O–H groups in total. The van der Waals surface area contributed by atoms with E-state index in [9.17, 15) is 5.11 Å². The van der Waals surface area contributed by atoms with Crippen LogP contribution in [0.2, 0.25) is 0 Å². The number of aromatic nitrogens is 4. The van der Waals surface area contributed by atoms with Gasteiger partial charge >= 0.3 is 0 Å². The second-order valence-corrected chi connectivity index (χ2v) is 4.65. The van der Waals surface area contributed by atoms with Crippen LogP contribution in [0.4, 0.5) is 0 Å². The summed E-state index contributed by atoms with van der Waals surface area (Å²) in [6.07, 6.45) is 4.46. The first-order valence-electron chi connectivity index (χ1n) is 5.70. The Balaban J connectivity index is 2.02. The smallest absolute Gasteiger partial charge is 0.104 e. The molecule has 92 valence electrons. The predicted molar refractivity (Wildman–Crippen MR) is 65.8 cm³/mol. The van der Waals surface area contributed by atoms with Crippen LogP contribution < -0.4 is 0 Å². The van der Waals surface area contributed by atoms with Gasteiger partial charge in [-0.3, -0.25) is 4.68 Å². The van der Waals surface area contributed by atoms with E-state index < -0.39 is 6.10 Å². The van der Waals surface area contributed by atoms with Gasteiger partial charge in [0.1, 0.15) is 11.8 Å². The lowest BCUT2D eigenvalue weighted by Crippen LogP contribution is -2.07. The SMILES string of the molecule is CCC(C)n1ccc(CC(O)c2cnsn2)n1. The lowest BCUT2D eigenvalue weighted by Gasteiger charge is -2.08. The Bertz CT molecular complexity index is 454. The van der Waals surface area contributed by atoms with E-state index in [1.54, 1.807) is 6.20 Å². The van der Waals surface area contributed by atoms with Crippen molar-refractivity contribution in [2.24, 2.45) is 0 Å². The molecule has 0 aromatic carbocycles. The van der Waals surface area contributed by atoms with Gasteiger partial charge in [-0.25, -0.2) is 0 Å². The first kappa shape index (κ1) is 12.2. The van der Waals surface area contributed by atoms with Gasteiger partial charge < -0.3 is 5.11 Å². The van der Waals surface area contributed by atoms with Crippen LogP contribution in [-0.4, -0.2) is 23.6 Å². The third-order valence-electron chi connectivity index (χ3n) is 2.83. The first-order valence-corrected chi connectivity index (χ1v) is 6.43. The fourth-order valence-electron chi connectivity index (χ4n) is 1.54. The van der Waals surface area contributed by atoms with E-state index in [0.29, 0.717) is 18.2 Å². The van der Waals surface area contributed by atoms with Gasteiger partial charge in [0.05, 0.1) is 23.6 Å². The Morgan fingerprint density at radius 3 is 3.00 bits per heavy atom. The zero-order valence-corrected chi connectivity index (χ0v) is 10.8. The van der Waals surface area contributed by atoms with Crippen LogP contribution in [0.25, 0.3) is 0 Å². The summed E-state index contributed by atoms with van der Waals surface area (Å²) in [6, 6.07) is 2.33. The average Bonchev–Trinajstić information content (AvgIpc) is 2.98. The zero-order chi connectivity index (χ0) is 12.3. The zero-order valence-electron chi connectivity index (χ0n) is 9.95. The van der Waals surface area contributed by atoms with E-state index in [4.69, 9.17) is 0 Å². The Kier molecular flexibility index (Phi) is 3.86. The number of rotatable bonds is 5. The third-order valence-corrected chi connectivity index (χ3v) is 3.32. The molecule has 0 aliphatic rings. The largest absolute Gasteiger partial charge is 0.386 e. The maximum Gasteiger partial charge on any atom is 0.104 e. The molecule has 0 spiro atoms. The molecule has 0 saturated heterocycles. The normalized spacial score (nSPS) is 14.8. The monoisotopic (exact) mass is 252 g/mol. The summed E-state index contributed by atoms with van der Waals surface area (Å²) in [6.45, 7) is 4.25. The van der Waals surface area contributed by atoms with Crippen molar-refractivity contribution in [1.29, 1.82) is 0 Å². The van der Waals surface area contributed by atoms with Crippen LogP contribution in [0.15, 0.2) is 18.5 Å². The molecular weight excluding hydrogens is 236 g/mol. The molecule has 0 aliphatic carbocycles. The minimum absolute atomic E-state index is 0.391. The summed E-state index contributed by atoms with van der Waals surface area (Å²) in [5.74, 6) is 0.